The highest BCUT2D eigenvalue weighted by Crippen LogP contribution is 2.30. The number of rotatable bonds is 4. The Bertz CT molecular complexity index is 1210. The van der Waals surface area contributed by atoms with E-state index >= 15 is 0 Å². The first-order valence-electron chi connectivity index (χ1n) is 10.3. The number of hydrogen-bond donors (Lipinski definition) is 1. The zero-order valence-corrected chi connectivity index (χ0v) is 18.7. The summed E-state index contributed by atoms with van der Waals surface area (Å²) < 4.78 is 28.4. The highest BCUT2D eigenvalue weighted by atomic mass is 32.2. The Labute approximate surface area is 183 Å². The first kappa shape index (κ1) is 21.3. The number of nitrogens with one attached hydrogen (secondary N) is 1. The summed E-state index contributed by atoms with van der Waals surface area (Å²) in [5.41, 5.74) is 5.52. The molecule has 1 aliphatic heterocycles. The van der Waals surface area contributed by atoms with Crippen molar-refractivity contribution in [2.75, 3.05) is 5.32 Å². The van der Waals surface area contributed by atoms with Crippen molar-refractivity contribution in [3.8, 4) is 0 Å². The predicted molar refractivity (Wildman–Crippen MR) is 122 cm³/mol. The Morgan fingerprint density at radius 3 is 2.13 bits per heavy atom. The molecule has 0 aliphatic carbocycles. The molecule has 4 rings (SSSR count). The van der Waals surface area contributed by atoms with E-state index in [0.29, 0.717) is 6.42 Å². The van der Waals surface area contributed by atoms with Crippen molar-refractivity contribution in [1.29, 1.82) is 0 Å². The predicted octanol–water partition coefficient (Wildman–Crippen LogP) is 4.37. The van der Waals surface area contributed by atoms with Gasteiger partial charge in [-0.25, -0.2) is 8.42 Å². The summed E-state index contributed by atoms with van der Waals surface area (Å²) in [6, 6.07) is 19.4. The molecule has 0 bridgehead atoms. The second kappa shape index (κ2) is 8.29. The number of anilines is 1. The molecule has 1 atom stereocenters. The van der Waals surface area contributed by atoms with Crippen LogP contribution >= 0.6 is 0 Å². The van der Waals surface area contributed by atoms with E-state index in [1.54, 1.807) is 24.3 Å². The SMILES string of the molecule is Cc1ccc(S(=O)(=O)N2Cc3ccccc3C[C@@H]2C(=O)Nc2c(C)cccc2C)cc1. The molecule has 1 heterocycles. The van der Waals surface area contributed by atoms with E-state index in [9.17, 15) is 13.2 Å². The minimum Gasteiger partial charge on any atom is -0.324 e. The zero-order chi connectivity index (χ0) is 22.2. The van der Waals surface area contributed by atoms with Crippen molar-refractivity contribution < 1.29 is 13.2 Å². The largest absolute Gasteiger partial charge is 0.324 e. The van der Waals surface area contributed by atoms with E-state index in [4.69, 9.17) is 0 Å². The van der Waals surface area contributed by atoms with Crippen LogP contribution < -0.4 is 5.32 Å². The van der Waals surface area contributed by atoms with Crippen LogP contribution in [0, 0.1) is 20.8 Å². The number of benzene rings is 3. The van der Waals surface area contributed by atoms with Crippen molar-refractivity contribution in [2.45, 2.75) is 44.7 Å². The lowest BCUT2D eigenvalue weighted by Crippen LogP contribution is -2.50. The minimum atomic E-state index is -3.86. The Kier molecular flexibility index (Phi) is 5.69. The molecular weight excluding hydrogens is 408 g/mol. The Balaban J connectivity index is 1.74. The van der Waals surface area contributed by atoms with Gasteiger partial charge in [0.25, 0.3) is 0 Å². The van der Waals surface area contributed by atoms with Gasteiger partial charge in [0.15, 0.2) is 0 Å². The number of aryl methyl sites for hydroxylation is 3. The first-order chi connectivity index (χ1) is 14.8. The third-order valence-electron chi connectivity index (χ3n) is 5.87. The second-order valence-electron chi connectivity index (χ2n) is 8.11. The molecule has 5 nitrogen and oxygen atoms in total. The standard InChI is InChI=1S/C25H26N2O3S/c1-17-11-13-22(14-12-17)31(29,30)27-16-21-10-5-4-9-20(21)15-23(27)25(28)26-24-18(2)7-6-8-19(24)3/h4-14,23H,15-16H2,1-3H3,(H,26,28)/t23-/m1/s1. The fourth-order valence-corrected chi connectivity index (χ4v) is 5.60. The maximum absolute atomic E-state index is 13.6. The lowest BCUT2D eigenvalue weighted by molar-refractivity contribution is -0.120. The Hall–Kier alpha value is -2.96. The quantitative estimate of drug-likeness (QED) is 0.663. The number of nitrogens with zero attached hydrogens (tertiary/aromatic N) is 1. The van der Waals surface area contributed by atoms with Crippen LogP contribution in [0.15, 0.2) is 71.6 Å². The molecule has 0 fully saturated rings. The van der Waals surface area contributed by atoms with Crippen LogP contribution in [0.4, 0.5) is 5.69 Å². The highest BCUT2D eigenvalue weighted by molar-refractivity contribution is 7.89. The van der Waals surface area contributed by atoms with Gasteiger partial charge < -0.3 is 5.32 Å². The highest BCUT2D eigenvalue weighted by Gasteiger charge is 2.39. The summed E-state index contributed by atoms with van der Waals surface area (Å²) >= 11 is 0. The van der Waals surface area contributed by atoms with Crippen LogP contribution in [0.3, 0.4) is 0 Å². The molecule has 0 unspecified atom stereocenters. The lowest BCUT2D eigenvalue weighted by atomic mass is 9.95. The molecule has 0 aromatic heterocycles. The van der Waals surface area contributed by atoms with Crippen molar-refractivity contribution in [2.24, 2.45) is 0 Å². The summed E-state index contributed by atoms with van der Waals surface area (Å²) in [4.78, 5) is 13.6. The van der Waals surface area contributed by atoms with Crippen LogP contribution in [0.2, 0.25) is 0 Å². The van der Waals surface area contributed by atoms with Gasteiger partial charge >= 0.3 is 0 Å². The maximum atomic E-state index is 13.6. The number of carbonyl (C=O) groups excluding carboxylic acids is 1. The second-order valence-corrected chi connectivity index (χ2v) is 10.00. The Morgan fingerprint density at radius 2 is 1.48 bits per heavy atom. The molecular formula is C25H26N2O3S. The van der Waals surface area contributed by atoms with E-state index < -0.39 is 16.1 Å². The number of hydrogen-bond acceptors (Lipinski definition) is 3. The van der Waals surface area contributed by atoms with Crippen molar-refractivity contribution in [3.05, 3.63) is 94.5 Å². The zero-order valence-electron chi connectivity index (χ0n) is 17.9. The summed E-state index contributed by atoms with van der Waals surface area (Å²) in [7, 11) is -3.86. The third kappa shape index (κ3) is 4.13. The van der Waals surface area contributed by atoms with E-state index in [2.05, 4.69) is 5.32 Å². The number of sulfonamides is 1. The van der Waals surface area contributed by atoms with Crippen LogP contribution in [-0.2, 0) is 27.8 Å². The molecule has 160 valence electrons. The van der Waals surface area contributed by atoms with Gasteiger partial charge in [-0.3, -0.25) is 4.79 Å². The van der Waals surface area contributed by atoms with Gasteiger partial charge in [-0.2, -0.15) is 4.31 Å². The fraction of sp³-hybridized carbons (Fsp3) is 0.240. The topological polar surface area (TPSA) is 66.5 Å². The lowest BCUT2D eigenvalue weighted by Gasteiger charge is -2.35. The fourth-order valence-electron chi connectivity index (χ4n) is 4.04. The number of para-hydroxylation sites is 1. The van der Waals surface area contributed by atoms with E-state index in [1.807, 2.05) is 63.2 Å². The van der Waals surface area contributed by atoms with Gasteiger partial charge in [0, 0.05) is 12.2 Å². The molecule has 3 aromatic rings. The molecule has 6 heteroatoms. The van der Waals surface area contributed by atoms with Crippen LogP contribution in [0.25, 0.3) is 0 Å². The number of carbonyl (C=O) groups is 1. The molecule has 0 radical (unpaired) electrons. The molecule has 1 aliphatic rings. The molecule has 0 saturated carbocycles. The van der Waals surface area contributed by atoms with Gasteiger partial charge in [0.2, 0.25) is 15.9 Å². The van der Waals surface area contributed by atoms with Gasteiger partial charge in [-0.15, -0.1) is 0 Å². The van der Waals surface area contributed by atoms with Crippen LogP contribution in [0.1, 0.15) is 27.8 Å². The average molecular weight is 435 g/mol. The molecule has 0 spiro atoms. The summed E-state index contributed by atoms with van der Waals surface area (Å²) in [6.45, 7) is 5.94. The van der Waals surface area contributed by atoms with Crippen molar-refractivity contribution >= 4 is 21.6 Å². The first-order valence-corrected chi connectivity index (χ1v) is 11.7. The van der Waals surface area contributed by atoms with E-state index in [0.717, 1.165) is 33.5 Å². The number of amides is 1. The van der Waals surface area contributed by atoms with Crippen LogP contribution in [-0.4, -0.2) is 24.7 Å². The monoisotopic (exact) mass is 434 g/mol. The third-order valence-corrected chi connectivity index (χ3v) is 7.73. The molecule has 1 N–H and O–H groups in total. The smallest absolute Gasteiger partial charge is 0.244 e. The maximum Gasteiger partial charge on any atom is 0.244 e. The van der Waals surface area contributed by atoms with Crippen LogP contribution in [0.5, 0.6) is 0 Å². The van der Waals surface area contributed by atoms with Gasteiger partial charge in [0.05, 0.1) is 4.90 Å². The van der Waals surface area contributed by atoms with Gasteiger partial charge in [-0.05, 0) is 61.6 Å². The molecule has 0 saturated heterocycles. The molecule has 1 amide bonds. The number of fused-ring (bicyclic) bond motifs is 1. The summed E-state index contributed by atoms with van der Waals surface area (Å²) in [5.74, 6) is -0.317. The van der Waals surface area contributed by atoms with Crippen molar-refractivity contribution in [1.82, 2.24) is 4.31 Å². The minimum absolute atomic E-state index is 0.164. The van der Waals surface area contributed by atoms with E-state index in [1.165, 1.54) is 4.31 Å². The molecule has 31 heavy (non-hydrogen) atoms. The average Bonchev–Trinajstić information content (AvgIpc) is 2.75. The van der Waals surface area contributed by atoms with Gasteiger partial charge in [-0.1, -0.05) is 60.2 Å². The normalized spacial score (nSPS) is 16.5. The van der Waals surface area contributed by atoms with Crippen molar-refractivity contribution in [3.63, 3.8) is 0 Å². The van der Waals surface area contributed by atoms with Gasteiger partial charge in [0.1, 0.15) is 6.04 Å². The van der Waals surface area contributed by atoms with E-state index in [-0.39, 0.29) is 17.3 Å². The Morgan fingerprint density at radius 1 is 0.871 bits per heavy atom. The summed E-state index contributed by atoms with van der Waals surface area (Å²) in [5, 5.41) is 3.00. The molecule has 3 aromatic carbocycles. The summed E-state index contributed by atoms with van der Waals surface area (Å²) in [6.07, 6.45) is 0.331.